The van der Waals surface area contributed by atoms with Crippen LogP contribution >= 0.6 is 0 Å². The van der Waals surface area contributed by atoms with Crippen LogP contribution in [0.25, 0.3) is 11.0 Å². The molecule has 2 aromatic rings. The van der Waals surface area contributed by atoms with E-state index in [2.05, 4.69) is 23.8 Å². The van der Waals surface area contributed by atoms with Crippen molar-refractivity contribution in [2.45, 2.75) is 31.8 Å². The predicted octanol–water partition coefficient (Wildman–Crippen LogP) is 2.35. The molecule has 6 heteroatoms. The van der Waals surface area contributed by atoms with Gasteiger partial charge in [-0.2, -0.15) is 0 Å². The van der Waals surface area contributed by atoms with E-state index in [1.165, 1.54) is 0 Å². The number of anilines is 1. The van der Waals surface area contributed by atoms with Gasteiger partial charge in [0.2, 0.25) is 15.0 Å². The number of aromatic amines is 1. The first-order valence-corrected chi connectivity index (χ1v) is 8.02. The van der Waals surface area contributed by atoms with E-state index in [1.54, 1.807) is 18.2 Å². The molecule has 5 nitrogen and oxygen atoms in total. The Morgan fingerprint density at radius 3 is 2.79 bits per heavy atom. The summed E-state index contributed by atoms with van der Waals surface area (Å²) in [5, 5.41) is 0.0388. The van der Waals surface area contributed by atoms with E-state index in [0.717, 1.165) is 6.42 Å². The van der Waals surface area contributed by atoms with Gasteiger partial charge in [0.1, 0.15) is 0 Å². The highest BCUT2D eigenvalue weighted by molar-refractivity contribution is 7.91. The van der Waals surface area contributed by atoms with Crippen LogP contribution in [0, 0.1) is 5.92 Å². The molecule has 1 aromatic carbocycles. The van der Waals surface area contributed by atoms with E-state index in [-0.39, 0.29) is 10.9 Å². The highest BCUT2D eigenvalue weighted by atomic mass is 32.2. The molecule has 0 radical (unpaired) electrons. The minimum Gasteiger partial charge on any atom is -0.399 e. The summed E-state index contributed by atoms with van der Waals surface area (Å²) >= 11 is 0. The molecule has 0 fully saturated rings. The molecule has 104 valence electrons. The molecule has 0 atom stereocenters. The van der Waals surface area contributed by atoms with Crippen LogP contribution in [-0.4, -0.2) is 24.1 Å². The van der Waals surface area contributed by atoms with Gasteiger partial charge in [-0.15, -0.1) is 0 Å². The SMILES string of the molecule is CC(C)CCCS(=O)(=O)c1nc2ccc(N)cc2[nH]1. The number of hydrogen-bond acceptors (Lipinski definition) is 4. The Balaban J connectivity index is 2.23. The third kappa shape index (κ3) is 3.26. The zero-order valence-electron chi connectivity index (χ0n) is 11.2. The van der Waals surface area contributed by atoms with Gasteiger partial charge in [0, 0.05) is 5.69 Å². The number of nitrogens with two attached hydrogens (primary N) is 1. The molecule has 0 bridgehead atoms. The number of imidazole rings is 1. The summed E-state index contributed by atoms with van der Waals surface area (Å²) in [7, 11) is -3.34. The highest BCUT2D eigenvalue weighted by Crippen LogP contribution is 2.19. The Labute approximate surface area is 113 Å². The number of fused-ring (bicyclic) bond motifs is 1. The van der Waals surface area contributed by atoms with E-state index in [1.807, 2.05) is 0 Å². The standard InChI is InChI=1S/C13H19N3O2S/c1-9(2)4-3-7-19(17,18)13-15-11-6-5-10(14)8-12(11)16-13/h5-6,8-9H,3-4,7,14H2,1-2H3,(H,15,16). The molecule has 0 saturated heterocycles. The van der Waals surface area contributed by atoms with Gasteiger partial charge in [0.25, 0.3) is 0 Å². The average Bonchev–Trinajstić information content (AvgIpc) is 2.71. The minimum atomic E-state index is -3.34. The summed E-state index contributed by atoms with van der Waals surface area (Å²) < 4.78 is 24.3. The van der Waals surface area contributed by atoms with Gasteiger partial charge in [-0.25, -0.2) is 13.4 Å². The number of hydrogen-bond donors (Lipinski definition) is 2. The van der Waals surface area contributed by atoms with Gasteiger partial charge in [0.05, 0.1) is 16.8 Å². The molecule has 0 amide bonds. The van der Waals surface area contributed by atoms with Crippen LogP contribution in [0.2, 0.25) is 0 Å². The average molecular weight is 281 g/mol. The predicted molar refractivity (Wildman–Crippen MR) is 76.6 cm³/mol. The molecule has 3 N–H and O–H groups in total. The second-order valence-electron chi connectivity index (χ2n) is 5.17. The topological polar surface area (TPSA) is 88.8 Å². The smallest absolute Gasteiger partial charge is 0.226 e. The fourth-order valence-corrected chi connectivity index (χ4v) is 3.17. The number of rotatable bonds is 5. The molecule has 0 saturated carbocycles. The van der Waals surface area contributed by atoms with Gasteiger partial charge < -0.3 is 10.7 Å². The Bertz CT molecular complexity index is 674. The Morgan fingerprint density at radius 1 is 1.37 bits per heavy atom. The maximum absolute atomic E-state index is 12.1. The van der Waals surface area contributed by atoms with Crippen LogP contribution in [0.15, 0.2) is 23.4 Å². The van der Waals surface area contributed by atoms with Crippen molar-refractivity contribution in [2.75, 3.05) is 11.5 Å². The molecule has 0 aliphatic carbocycles. The van der Waals surface area contributed by atoms with E-state index < -0.39 is 9.84 Å². The largest absolute Gasteiger partial charge is 0.399 e. The molecule has 0 aliphatic heterocycles. The van der Waals surface area contributed by atoms with Crippen LogP contribution in [0.4, 0.5) is 5.69 Å². The van der Waals surface area contributed by atoms with Crippen molar-refractivity contribution in [2.24, 2.45) is 5.92 Å². The normalized spacial score (nSPS) is 12.4. The number of nitrogen functional groups attached to an aromatic ring is 1. The molecule has 0 unspecified atom stereocenters. The van der Waals surface area contributed by atoms with Gasteiger partial charge in [-0.3, -0.25) is 0 Å². The van der Waals surface area contributed by atoms with Crippen molar-refractivity contribution in [3.63, 3.8) is 0 Å². The van der Waals surface area contributed by atoms with Crippen molar-refractivity contribution < 1.29 is 8.42 Å². The summed E-state index contributed by atoms with van der Waals surface area (Å²) in [5.74, 6) is 0.631. The first kappa shape index (κ1) is 13.9. The molecular formula is C13H19N3O2S. The lowest BCUT2D eigenvalue weighted by Crippen LogP contribution is -2.09. The summed E-state index contributed by atoms with van der Waals surface area (Å²) in [6.45, 7) is 4.16. The number of nitrogens with one attached hydrogen (secondary N) is 1. The second-order valence-corrected chi connectivity index (χ2v) is 7.20. The lowest BCUT2D eigenvalue weighted by atomic mass is 10.1. The lowest BCUT2D eigenvalue weighted by molar-refractivity contribution is 0.557. The Hall–Kier alpha value is -1.56. The molecule has 19 heavy (non-hydrogen) atoms. The van der Waals surface area contributed by atoms with Crippen molar-refractivity contribution in [3.05, 3.63) is 18.2 Å². The summed E-state index contributed by atoms with van der Waals surface area (Å²) in [4.78, 5) is 6.96. The molecule has 1 heterocycles. The zero-order valence-corrected chi connectivity index (χ0v) is 12.0. The monoisotopic (exact) mass is 281 g/mol. The van der Waals surface area contributed by atoms with Crippen LogP contribution in [-0.2, 0) is 9.84 Å². The summed E-state index contributed by atoms with van der Waals surface area (Å²) in [5.41, 5.74) is 7.52. The van der Waals surface area contributed by atoms with Gasteiger partial charge in [0.15, 0.2) is 0 Å². The third-order valence-electron chi connectivity index (χ3n) is 2.97. The van der Waals surface area contributed by atoms with Crippen LogP contribution in [0.5, 0.6) is 0 Å². The summed E-state index contributed by atoms with van der Waals surface area (Å²) in [6, 6.07) is 5.11. The Morgan fingerprint density at radius 2 is 2.11 bits per heavy atom. The van der Waals surface area contributed by atoms with Crippen molar-refractivity contribution in [3.8, 4) is 0 Å². The van der Waals surface area contributed by atoms with Crippen molar-refractivity contribution in [1.29, 1.82) is 0 Å². The maximum Gasteiger partial charge on any atom is 0.226 e. The third-order valence-corrected chi connectivity index (χ3v) is 4.58. The molecular weight excluding hydrogens is 262 g/mol. The van der Waals surface area contributed by atoms with E-state index in [9.17, 15) is 8.42 Å². The quantitative estimate of drug-likeness (QED) is 0.823. The number of nitrogens with zero attached hydrogens (tertiary/aromatic N) is 1. The fourth-order valence-electron chi connectivity index (χ4n) is 1.93. The molecule has 0 aliphatic rings. The minimum absolute atomic E-state index is 0.0388. The van der Waals surface area contributed by atoms with Crippen molar-refractivity contribution >= 4 is 26.6 Å². The number of H-pyrrole nitrogens is 1. The van der Waals surface area contributed by atoms with Gasteiger partial charge >= 0.3 is 0 Å². The first-order valence-electron chi connectivity index (χ1n) is 6.36. The second kappa shape index (κ2) is 5.21. The van der Waals surface area contributed by atoms with Gasteiger partial charge in [-0.05, 0) is 37.0 Å². The molecule has 2 rings (SSSR count). The lowest BCUT2D eigenvalue weighted by Gasteiger charge is -2.03. The first-order chi connectivity index (χ1) is 8.88. The van der Waals surface area contributed by atoms with Crippen LogP contribution in [0.1, 0.15) is 26.7 Å². The van der Waals surface area contributed by atoms with Gasteiger partial charge in [-0.1, -0.05) is 13.8 Å². The number of aromatic nitrogens is 2. The number of sulfone groups is 1. The van der Waals surface area contributed by atoms with E-state index in [4.69, 9.17) is 5.73 Å². The van der Waals surface area contributed by atoms with Crippen molar-refractivity contribution in [1.82, 2.24) is 9.97 Å². The summed E-state index contributed by atoms with van der Waals surface area (Å²) in [6.07, 6.45) is 1.55. The highest BCUT2D eigenvalue weighted by Gasteiger charge is 2.19. The maximum atomic E-state index is 12.1. The van der Waals surface area contributed by atoms with Crippen LogP contribution in [0.3, 0.4) is 0 Å². The van der Waals surface area contributed by atoms with E-state index in [0.29, 0.717) is 29.1 Å². The zero-order chi connectivity index (χ0) is 14.0. The number of benzene rings is 1. The molecule has 0 spiro atoms. The molecule has 1 aromatic heterocycles. The fraction of sp³-hybridized carbons (Fsp3) is 0.462. The van der Waals surface area contributed by atoms with E-state index >= 15 is 0 Å². The Kier molecular flexibility index (Phi) is 3.80. The van der Waals surface area contributed by atoms with Crippen LogP contribution < -0.4 is 5.73 Å².